The molecule has 0 aliphatic carbocycles. The van der Waals surface area contributed by atoms with Crippen LogP contribution < -0.4 is 4.72 Å². The van der Waals surface area contributed by atoms with Crippen LogP contribution in [0.2, 0.25) is 0 Å². The molecule has 0 radical (unpaired) electrons. The number of hydrogen-bond acceptors (Lipinski definition) is 5. The lowest BCUT2D eigenvalue weighted by Crippen LogP contribution is -2.17. The summed E-state index contributed by atoms with van der Waals surface area (Å²) in [6.07, 6.45) is 0. The van der Waals surface area contributed by atoms with Gasteiger partial charge in [0.1, 0.15) is 0 Å². The number of benzene rings is 1. The second-order valence-corrected chi connectivity index (χ2v) is 6.07. The van der Waals surface area contributed by atoms with Crippen molar-refractivity contribution in [3.8, 4) is 0 Å². The Morgan fingerprint density at radius 3 is 2.55 bits per heavy atom. The van der Waals surface area contributed by atoms with Gasteiger partial charge < -0.3 is 0 Å². The van der Waals surface area contributed by atoms with Crippen molar-refractivity contribution in [3.63, 3.8) is 0 Å². The van der Waals surface area contributed by atoms with Gasteiger partial charge in [0.05, 0.1) is 11.4 Å². The molecule has 0 fully saturated rings. The van der Waals surface area contributed by atoms with E-state index in [0.29, 0.717) is 11.3 Å². The summed E-state index contributed by atoms with van der Waals surface area (Å²) in [6, 6.07) is 8.76. The average molecular weight is 294 g/mol. The van der Waals surface area contributed by atoms with Crippen molar-refractivity contribution >= 4 is 21.5 Å². The molecule has 2 rings (SSSR count). The second-order valence-electron chi connectivity index (χ2n) is 4.34. The van der Waals surface area contributed by atoms with Gasteiger partial charge in [0, 0.05) is 7.05 Å². The molecule has 1 N–H and O–H groups in total. The van der Waals surface area contributed by atoms with Crippen molar-refractivity contribution in [2.45, 2.75) is 12.7 Å². The summed E-state index contributed by atoms with van der Waals surface area (Å²) in [6.45, 7) is 1.59. The number of nitrogens with one attached hydrogen (secondary N) is 1. The molecular weight excluding hydrogens is 280 g/mol. The third-order valence-corrected chi connectivity index (χ3v) is 3.95. The Kier molecular flexibility index (Phi) is 3.84. The predicted octanol–water partition coefficient (Wildman–Crippen LogP) is 2.07. The molecular formula is C12H14N4O3S. The van der Waals surface area contributed by atoms with E-state index in [0.717, 1.165) is 0 Å². The summed E-state index contributed by atoms with van der Waals surface area (Å²) in [7, 11) is -2.10. The zero-order chi connectivity index (χ0) is 14.8. The quantitative estimate of drug-likeness (QED) is 0.854. The molecule has 0 atom stereocenters. The van der Waals surface area contributed by atoms with E-state index in [1.807, 2.05) is 6.07 Å². The Labute approximate surface area is 116 Å². The van der Waals surface area contributed by atoms with Gasteiger partial charge >= 0.3 is 0 Å². The van der Waals surface area contributed by atoms with Crippen molar-refractivity contribution in [3.05, 3.63) is 46.5 Å². The van der Waals surface area contributed by atoms with Crippen LogP contribution in [0.1, 0.15) is 11.3 Å². The normalized spacial score (nSPS) is 11.3. The van der Waals surface area contributed by atoms with Gasteiger partial charge in [0.2, 0.25) is 10.0 Å². The van der Waals surface area contributed by atoms with Gasteiger partial charge in [0.25, 0.3) is 0 Å². The minimum Gasteiger partial charge on any atom is -0.265 e. The van der Waals surface area contributed by atoms with E-state index in [4.69, 9.17) is 0 Å². The molecule has 0 amide bonds. The van der Waals surface area contributed by atoms with Crippen LogP contribution in [0.15, 0.2) is 35.5 Å². The summed E-state index contributed by atoms with van der Waals surface area (Å²) in [5.74, 6) is -0.107. The lowest BCUT2D eigenvalue weighted by molar-refractivity contribution is 0.599. The van der Waals surface area contributed by atoms with Crippen LogP contribution in [-0.4, -0.2) is 18.2 Å². The number of sulfonamides is 1. The number of hydrogen-bond donors (Lipinski definition) is 1. The molecule has 1 aromatic carbocycles. The van der Waals surface area contributed by atoms with Gasteiger partial charge in [-0.05, 0) is 17.7 Å². The monoisotopic (exact) mass is 294 g/mol. The standard InChI is InChI=1S/C12H14N4O3S/c1-9-11(14-17)12(16(2)13-9)15-20(18,19)8-10-6-4-3-5-7-10/h3-7,15H,8H2,1-2H3. The van der Waals surface area contributed by atoms with E-state index in [1.165, 1.54) is 4.68 Å². The minimum absolute atomic E-state index is 0.00383. The van der Waals surface area contributed by atoms with Crippen LogP contribution in [0.5, 0.6) is 0 Å². The fourth-order valence-electron chi connectivity index (χ4n) is 1.85. The molecule has 0 aliphatic rings. The maximum atomic E-state index is 12.1. The van der Waals surface area contributed by atoms with Gasteiger partial charge in [-0.2, -0.15) is 5.10 Å². The third-order valence-electron chi connectivity index (χ3n) is 2.73. The molecule has 106 valence electrons. The van der Waals surface area contributed by atoms with E-state index in [-0.39, 0.29) is 17.3 Å². The molecule has 0 aliphatic heterocycles. The Bertz CT molecular complexity index is 723. The topological polar surface area (TPSA) is 93.4 Å². The predicted molar refractivity (Wildman–Crippen MR) is 76.1 cm³/mol. The second kappa shape index (κ2) is 5.41. The Hall–Kier alpha value is -2.22. The van der Waals surface area contributed by atoms with Crippen LogP contribution in [0.25, 0.3) is 0 Å². The first kappa shape index (κ1) is 14.2. The van der Waals surface area contributed by atoms with Crippen LogP contribution in [0, 0.1) is 11.8 Å². The SMILES string of the molecule is Cc1nn(C)c(NS(=O)(=O)Cc2ccccc2)c1N=O. The summed E-state index contributed by atoms with van der Waals surface area (Å²) in [5.41, 5.74) is 1.03. The van der Waals surface area contributed by atoms with Gasteiger partial charge in [-0.3, -0.25) is 4.72 Å². The van der Waals surface area contributed by atoms with Gasteiger partial charge in [-0.15, -0.1) is 4.91 Å². The van der Waals surface area contributed by atoms with Crippen molar-refractivity contribution in [1.29, 1.82) is 0 Å². The third kappa shape index (κ3) is 3.02. The van der Waals surface area contributed by atoms with E-state index in [9.17, 15) is 13.3 Å². The molecule has 0 unspecified atom stereocenters. The van der Waals surface area contributed by atoms with Gasteiger partial charge in [0.15, 0.2) is 11.5 Å². The maximum absolute atomic E-state index is 12.1. The van der Waals surface area contributed by atoms with E-state index < -0.39 is 10.0 Å². The van der Waals surface area contributed by atoms with Crippen LogP contribution in [-0.2, 0) is 22.8 Å². The van der Waals surface area contributed by atoms with Crippen molar-refractivity contribution in [2.24, 2.45) is 12.2 Å². The molecule has 7 nitrogen and oxygen atoms in total. The fourth-order valence-corrected chi connectivity index (χ4v) is 3.07. The zero-order valence-electron chi connectivity index (χ0n) is 11.1. The Morgan fingerprint density at radius 1 is 1.30 bits per heavy atom. The molecule has 0 spiro atoms. The average Bonchev–Trinajstić information content (AvgIpc) is 2.63. The largest absolute Gasteiger partial charge is 0.265 e. The first-order valence-corrected chi connectivity index (χ1v) is 7.49. The van der Waals surface area contributed by atoms with E-state index >= 15 is 0 Å². The van der Waals surface area contributed by atoms with Gasteiger partial charge in [-0.25, -0.2) is 13.1 Å². The van der Waals surface area contributed by atoms with E-state index in [1.54, 1.807) is 38.2 Å². The number of aryl methyl sites for hydroxylation is 2. The summed E-state index contributed by atoms with van der Waals surface area (Å²) in [5, 5.41) is 6.79. The van der Waals surface area contributed by atoms with Crippen LogP contribution in [0.3, 0.4) is 0 Å². The number of rotatable bonds is 5. The number of nitrogens with zero attached hydrogens (tertiary/aromatic N) is 3. The Morgan fingerprint density at radius 2 is 1.95 bits per heavy atom. The van der Waals surface area contributed by atoms with Crippen LogP contribution >= 0.6 is 0 Å². The molecule has 0 bridgehead atoms. The van der Waals surface area contributed by atoms with Crippen molar-refractivity contribution < 1.29 is 8.42 Å². The minimum atomic E-state index is -3.64. The number of nitroso groups, excluding NO2 is 1. The smallest absolute Gasteiger partial charge is 0.238 e. The summed E-state index contributed by atoms with van der Waals surface area (Å²) >= 11 is 0. The highest BCUT2D eigenvalue weighted by atomic mass is 32.2. The van der Waals surface area contributed by atoms with Crippen molar-refractivity contribution in [1.82, 2.24) is 9.78 Å². The lowest BCUT2D eigenvalue weighted by atomic mass is 10.2. The molecule has 8 heteroatoms. The lowest BCUT2D eigenvalue weighted by Gasteiger charge is -2.08. The molecule has 2 aromatic rings. The van der Waals surface area contributed by atoms with Crippen LogP contribution in [0.4, 0.5) is 11.5 Å². The van der Waals surface area contributed by atoms with Gasteiger partial charge in [-0.1, -0.05) is 30.3 Å². The molecule has 20 heavy (non-hydrogen) atoms. The summed E-state index contributed by atoms with van der Waals surface area (Å²) in [4.78, 5) is 10.8. The first-order valence-electron chi connectivity index (χ1n) is 5.84. The fraction of sp³-hybridized carbons (Fsp3) is 0.250. The Balaban J connectivity index is 2.27. The van der Waals surface area contributed by atoms with Crippen molar-refractivity contribution in [2.75, 3.05) is 4.72 Å². The molecule has 1 aromatic heterocycles. The summed E-state index contributed by atoms with van der Waals surface area (Å²) < 4.78 is 27.8. The first-order chi connectivity index (χ1) is 9.43. The highest BCUT2D eigenvalue weighted by Crippen LogP contribution is 2.29. The highest BCUT2D eigenvalue weighted by Gasteiger charge is 2.20. The van der Waals surface area contributed by atoms with E-state index in [2.05, 4.69) is 15.0 Å². The number of aromatic nitrogens is 2. The molecule has 0 saturated carbocycles. The maximum Gasteiger partial charge on any atom is 0.238 e. The molecule has 0 saturated heterocycles. The highest BCUT2D eigenvalue weighted by molar-refractivity contribution is 7.91. The molecule has 1 heterocycles. The zero-order valence-corrected chi connectivity index (χ0v) is 11.9. The number of anilines is 1.